The quantitative estimate of drug-likeness (QED) is 0.793. The maximum atomic E-state index is 12.5. The Morgan fingerprint density at radius 1 is 1.33 bits per heavy atom. The predicted molar refractivity (Wildman–Crippen MR) is 83.0 cm³/mol. The highest BCUT2D eigenvalue weighted by atomic mass is 16.6. The molecule has 5 atom stereocenters. The van der Waals surface area contributed by atoms with Gasteiger partial charge in [0.1, 0.15) is 6.10 Å². The van der Waals surface area contributed by atoms with Crippen LogP contribution in [0.4, 0.5) is 0 Å². The maximum absolute atomic E-state index is 12.5. The Labute approximate surface area is 129 Å². The van der Waals surface area contributed by atoms with E-state index in [9.17, 15) is 4.79 Å². The fourth-order valence-electron chi connectivity index (χ4n) is 3.74. The molecule has 2 aliphatic rings. The highest BCUT2D eigenvalue weighted by Crippen LogP contribution is 2.36. The minimum absolute atomic E-state index is 0.0665. The average Bonchev–Trinajstić information content (AvgIpc) is 2.87. The molecule has 2 fully saturated rings. The third-order valence-corrected chi connectivity index (χ3v) is 5.08. The fourth-order valence-corrected chi connectivity index (χ4v) is 3.74. The molecular weight excluding hydrogens is 266 g/mol. The maximum Gasteiger partial charge on any atom is 0.313 e. The van der Waals surface area contributed by atoms with Crippen molar-refractivity contribution in [2.75, 3.05) is 19.8 Å². The van der Waals surface area contributed by atoms with Gasteiger partial charge in [0.05, 0.1) is 19.1 Å². The van der Waals surface area contributed by atoms with E-state index in [1.54, 1.807) is 0 Å². The molecule has 1 heterocycles. The van der Waals surface area contributed by atoms with Crippen LogP contribution in [0.2, 0.25) is 0 Å². The van der Waals surface area contributed by atoms with Gasteiger partial charge >= 0.3 is 5.97 Å². The van der Waals surface area contributed by atoms with Crippen molar-refractivity contribution in [3.05, 3.63) is 0 Å². The third kappa shape index (κ3) is 4.19. The van der Waals surface area contributed by atoms with E-state index in [4.69, 9.17) is 9.47 Å². The van der Waals surface area contributed by atoms with Crippen molar-refractivity contribution in [3.8, 4) is 0 Å². The number of hydrogen-bond acceptors (Lipinski definition) is 4. The van der Waals surface area contributed by atoms with Crippen molar-refractivity contribution >= 4 is 5.97 Å². The lowest BCUT2D eigenvalue weighted by molar-refractivity contribution is -0.161. The average molecular weight is 297 g/mol. The summed E-state index contributed by atoms with van der Waals surface area (Å²) in [5, 5.41) is 3.33. The lowest BCUT2D eigenvalue weighted by atomic mass is 9.75. The molecule has 1 aliphatic carbocycles. The van der Waals surface area contributed by atoms with Crippen LogP contribution < -0.4 is 5.32 Å². The van der Waals surface area contributed by atoms with Gasteiger partial charge in [-0.25, -0.2) is 0 Å². The van der Waals surface area contributed by atoms with E-state index < -0.39 is 0 Å². The molecule has 2 rings (SSSR count). The first-order valence-corrected chi connectivity index (χ1v) is 8.54. The highest BCUT2D eigenvalue weighted by Gasteiger charge is 2.39. The van der Waals surface area contributed by atoms with Crippen LogP contribution in [0.25, 0.3) is 0 Å². The van der Waals surface area contributed by atoms with E-state index in [-0.39, 0.29) is 24.0 Å². The van der Waals surface area contributed by atoms with Crippen LogP contribution in [0, 0.1) is 23.7 Å². The van der Waals surface area contributed by atoms with Gasteiger partial charge in [-0.15, -0.1) is 0 Å². The largest absolute Gasteiger partial charge is 0.462 e. The number of rotatable bonds is 5. The topological polar surface area (TPSA) is 47.6 Å². The van der Waals surface area contributed by atoms with Gasteiger partial charge in [0.25, 0.3) is 0 Å². The molecule has 5 unspecified atom stereocenters. The first kappa shape index (κ1) is 16.8. The summed E-state index contributed by atoms with van der Waals surface area (Å²) >= 11 is 0. The number of likely N-dealkylation sites (N-methyl/N-ethyl adjacent to an activating group) is 1. The smallest absolute Gasteiger partial charge is 0.313 e. The number of esters is 1. The molecule has 122 valence electrons. The Bertz CT molecular complexity index is 345. The van der Waals surface area contributed by atoms with Crippen LogP contribution in [0.5, 0.6) is 0 Å². The molecule has 0 spiro atoms. The zero-order chi connectivity index (χ0) is 15.4. The summed E-state index contributed by atoms with van der Waals surface area (Å²) in [5.74, 6) is 1.52. The summed E-state index contributed by atoms with van der Waals surface area (Å²) in [7, 11) is 0. The van der Waals surface area contributed by atoms with Crippen molar-refractivity contribution in [2.24, 2.45) is 23.7 Å². The summed E-state index contributed by atoms with van der Waals surface area (Å²) < 4.78 is 11.4. The predicted octanol–water partition coefficient (Wildman–Crippen LogP) is 2.61. The molecule has 1 N–H and O–H groups in total. The van der Waals surface area contributed by atoms with E-state index in [1.807, 2.05) is 0 Å². The van der Waals surface area contributed by atoms with Gasteiger partial charge in [0, 0.05) is 6.04 Å². The van der Waals surface area contributed by atoms with Crippen molar-refractivity contribution in [1.29, 1.82) is 0 Å². The van der Waals surface area contributed by atoms with Crippen molar-refractivity contribution in [2.45, 2.75) is 59.1 Å². The second kappa shape index (κ2) is 7.59. The first-order valence-electron chi connectivity index (χ1n) is 8.54. The molecule has 21 heavy (non-hydrogen) atoms. The third-order valence-electron chi connectivity index (χ3n) is 5.08. The Morgan fingerprint density at radius 2 is 2.10 bits per heavy atom. The van der Waals surface area contributed by atoms with Crippen LogP contribution in [-0.2, 0) is 14.3 Å². The Kier molecular flexibility index (Phi) is 6.06. The van der Waals surface area contributed by atoms with Gasteiger partial charge in [0.15, 0.2) is 0 Å². The summed E-state index contributed by atoms with van der Waals surface area (Å²) in [6.07, 6.45) is 3.52. The van der Waals surface area contributed by atoms with E-state index >= 15 is 0 Å². The molecule has 0 bridgehead atoms. The van der Waals surface area contributed by atoms with E-state index in [0.717, 1.165) is 13.0 Å². The van der Waals surface area contributed by atoms with Gasteiger partial charge in [-0.1, -0.05) is 34.1 Å². The summed E-state index contributed by atoms with van der Waals surface area (Å²) in [4.78, 5) is 12.5. The van der Waals surface area contributed by atoms with Crippen molar-refractivity contribution in [1.82, 2.24) is 5.32 Å². The van der Waals surface area contributed by atoms with E-state index in [0.29, 0.717) is 31.0 Å². The van der Waals surface area contributed by atoms with E-state index in [2.05, 4.69) is 33.0 Å². The highest BCUT2D eigenvalue weighted by molar-refractivity contribution is 5.74. The van der Waals surface area contributed by atoms with Crippen LogP contribution >= 0.6 is 0 Å². The Morgan fingerprint density at radius 3 is 2.76 bits per heavy atom. The zero-order valence-electron chi connectivity index (χ0n) is 13.9. The SMILES string of the molecule is CCNC1COCC1C(=O)OC1CC(C)CCC1C(C)C. The minimum atomic E-state index is -0.144. The zero-order valence-corrected chi connectivity index (χ0v) is 13.9. The molecule has 0 amide bonds. The standard InChI is InChI=1S/C17H31NO3/c1-5-18-15-10-20-9-14(15)17(19)21-16-8-12(4)6-7-13(16)11(2)3/h11-16,18H,5-10H2,1-4H3. The first-order chi connectivity index (χ1) is 10.0. The Balaban J connectivity index is 1.96. The van der Waals surface area contributed by atoms with Crippen molar-refractivity contribution in [3.63, 3.8) is 0 Å². The Hall–Kier alpha value is -0.610. The summed E-state index contributed by atoms with van der Waals surface area (Å²) in [6.45, 7) is 10.7. The van der Waals surface area contributed by atoms with Crippen LogP contribution in [0.15, 0.2) is 0 Å². The van der Waals surface area contributed by atoms with Gasteiger partial charge in [-0.2, -0.15) is 0 Å². The van der Waals surface area contributed by atoms with Gasteiger partial charge in [0.2, 0.25) is 0 Å². The molecule has 4 heteroatoms. The number of nitrogens with one attached hydrogen (secondary N) is 1. The molecular formula is C17H31NO3. The van der Waals surface area contributed by atoms with E-state index in [1.165, 1.54) is 12.8 Å². The van der Waals surface area contributed by atoms with Gasteiger partial charge < -0.3 is 14.8 Å². The number of carbonyl (C=O) groups is 1. The molecule has 1 saturated heterocycles. The fraction of sp³-hybridized carbons (Fsp3) is 0.941. The molecule has 4 nitrogen and oxygen atoms in total. The molecule has 0 aromatic carbocycles. The van der Waals surface area contributed by atoms with Crippen LogP contribution in [0.3, 0.4) is 0 Å². The number of ether oxygens (including phenoxy) is 2. The molecule has 0 aromatic heterocycles. The van der Waals surface area contributed by atoms with Gasteiger partial charge in [-0.05, 0) is 37.1 Å². The number of carbonyl (C=O) groups excluding carboxylic acids is 1. The second-order valence-corrected chi connectivity index (χ2v) is 7.11. The lowest BCUT2D eigenvalue weighted by Gasteiger charge is -2.37. The summed E-state index contributed by atoms with van der Waals surface area (Å²) in [6, 6.07) is 0.112. The lowest BCUT2D eigenvalue weighted by Crippen LogP contribution is -2.43. The van der Waals surface area contributed by atoms with Crippen molar-refractivity contribution < 1.29 is 14.3 Å². The molecule has 1 saturated carbocycles. The monoisotopic (exact) mass is 297 g/mol. The van der Waals surface area contributed by atoms with Crippen LogP contribution in [0.1, 0.15) is 47.0 Å². The number of hydrogen-bond donors (Lipinski definition) is 1. The normalized spacial score (nSPS) is 36.9. The second-order valence-electron chi connectivity index (χ2n) is 7.11. The molecule has 1 aliphatic heterocycles. The van der Waals surface area contributed by atoms with Crippen LogP contribution in [-0.4, -0.2) is 37.9 Å². The molecule has 0 aromatic rings. The molecule has 0 radical (unpaired) electrons. The van der Waals surface area contributed by atoms with Gasteiger partial charge in [-0.3, -0.25) is 4.79 Å². The summed E-state index contributed by atoms with van der Waals surface area (Å²) in [5.41, 5.74) is 0. The minimum Gasteiger partial charge on any atom is -0.462 e.